The van der Waals surface area contributed by atoms with Crippen LogP contribution in [0.3, 0.4) is 0 Å². The van der Waals surface area contributed by atoms with Crippen molar-refractivity contribution in [2.24, 2.45) is 5.92 Å². The van der Waals surface area contributed by atoms with E-state index in [0.717, 1.165) is 28.1 Å². The zero-order valence-electron chi connectivity index (χ0n) is 14.0. The molecular formula is C16H17N5O3S2. The van der Waals surface area contributed by atoms with Crippen molar-refractivity contribution in [3.63, 3.8) is 0 Å². The largest absolute Gasteiger partial charge is 0.316 e. The van der Waals surface area contributed by atoms with Crippen molar-refractivity contribution < 1.29 is 13.2 Å². The third kappa shape index (κ3) is 4.19. The van der Waals surface area contributed by atoms with Crippen molar-refractivity contribution in [3.8, 4) is 16.6 Å². The SMILES string of the molecule is CS(=O)(=O)Nc1cccc(-c2cnc(N(C#N)C(=O)C3CCNC3)s2)c1. The topological polar surface area (TPSA) is 115 Å². The molecule has 1 aromatic heterocycles. The van der Waals surface area contributed by atoms with E-state index >= 15 is 0 Å². The van der Waals surface area contributed by atoms with Crippen molar-refractivity contribution in [2.45, 2.75) is 6.42 Å². The van der Waals surface area contributed by atoms with Crippen molar-refractivity contribution in [2.75, 3.05) is 29.0 Å². The molecule has 0 saturated carbocycles. The van der Waals surface area contributed by atoms with Crippen LogP contribution in [0.1, 0.15) is 6.42 Å². The normalized spacial score (nSPS) is 16.8. The van der Waals surface area contributed by atoms with Crippen LogP contribution < -0.4 is 14.9 Å². The van der Waals surface area contributed by atoms with Crippen LogP contribution in [-0.2, 0) is 14.8 Å². The third-order valence-electron chi connectivity index (χ3n) is 3.87. The molecule has 0 bridgehead atoms. The summed E-state index contributed by atoms with van der Waals surface area (Å²) < 4.78 is 25.2. The van der Waals surface area contributed by atoms with Gasteiger partial charge in [0, 0.05) is 18.4 Å². The van der Waals surface area contributed by atoms with E-state index in [1.165, 1.54) is 11.3 Å². The first-order valence-electron chi connectivity index (χ1n) is 7.86. The minimum absolute atomic E-state index is 0.218. The molecule has 136 valence electrons. The molecule has 0 spiro atoms. The molecule has 0 aliphatic carbocycles. The summed E-state index contributed by atoms with van der Waals surface area (Å²) in [5.41, 5.74) is 1.18. The molecule has 1 atom stereocenters. The Bertz CT molecular complexity index is 958. The van der Waals surface area contributed by atoms with E-state index in [4.69, 9.17) is 0 Å². The highest BCUT2D eigenvalue weighted by Gasteiger charge is 2.29. The molecule has 1 fully saturated rings. The minimum Gasteiger partial charge on any atom is -0.316 e. The molecule has 1 unspecified atom stereocenters. The van der Waals surface area contributed by atoms with Crippen LogP contribution in [0.5, 0.6) is 0 Å². The number of carbonyl (C=O) groups is 1. The Balaban J connectivity index is 1.84. The maximum Gasteiger partial charge on any atom is 0.246 e. The molecule has 1 aromatic carbocycles. The maximum absolute atomic E-state index is 12.5. The van der Waals surface area contributed by atoms with Gasteiger partial charge in [0.1, 0.15) is 0 Å². The van der Waals surface area contributed by atoms with Gasteiger partial charge in [0.25, 0.3) is 0 Å². The van der Waals surface area contributed by atoms with Crippen molar-refractivity contribution in [1.29, 1.82) is 5.26 Å². The number of amides is 1. The second kappa shape index (κ2) is 7.41. The van der Waals surface area contributed by atoms with Crippen molar-refractivity contribution in [3.05, 3.63) is 30.5 Å². The first kappa shape index (κ1) is 18.3. The molecule has 2 aromatic rings. The van der Waals surface area contributed by atoms with Gasteiger partial charge in [0.2, 0.25) is 21.1 Å². The zero-order chi connectivity index (χ0) is 18.7. The molecular weight excluding hydrogens is 374 g/mol. The number of nitrogens with zero attached hydrogens (tertiary/aromatic N) is 3. The number of aromatic nitrogens is 1. The highest BCUT2D eigenvalue weighted by atomic mass is 32.2. The first-order valence-corrected chi connectivity index (χ1v) is 10.6. The summed E-state index contributed by atoms with van der Waals surface area (Å²) in [6.07, 6.45) is 5.27. The number of nitriles is 1. The average molecular weight is 391 g/mol. The van der Waals surface area contributed by atoms with E-state index in [9.17, 15) is 18.5 Å². The molecule has 1 aliphatic heterocycles. The summed E-state index contributed by atoms with van der Waals surface area (Å²) in [5.74, 6) is -0.477. The Morgan fingerprint density at radius 1 is 1.50 bits per heavy atom. The lowest BCUT2D eigenvalue weighted by Crippen LogP contribution is -2.33. The highest BCUT2D eigenvalue weighted by Crippen LogP contribution is 2.33. The van der Waals surface area contributed by atoms with Gasteiger partial charge in [-0.15, -0.1) is 0 Å². The predicted octanol–water partition coefficient (Wildman–Crippen LogP) is 1.61. The molecule has 8 nitrogen and oxygen atoms in total. The Kier molecular flexibility index (Phi) is 5.22. The second-order valence-electron chi connectivity index (χ2n) is 5.93. The lowest BCUT2D eigenvalue weighted by molar-refractivity contribution is -0.121. The fourth-order valence-corrected chi connectivity index (χ4v) is 4.12. The summed E-state index contributed by atoms with van der Waals surface area (Å²) >= 11 is 1.21. The quantitative estimate of drug-likeness (QED) is 0.591. The summed E-state index contributed by atoms with van der Waals surface area (Å²) in [5, 5.41) is 12.8. The third-order valence-corrected chi connectivity index (χ3v) is 5.50. The fourth-order valence-electron chi connectivity index (χ4n) is 2.69. The predicted molar refractivity (Wildman–Crippen MR) is 100 cm³/mol. The van der Waals surface area contributed by atoms with Crippen LogP contribution in [-0.4, -0.2) is 38.7 Å². The van der Waals surface area contributed by atoms with E-state index in [-0.39, 0.29) is 11.8 Å². The summed E-state index contributed by atoms with van der Waals surface area (Å²) in [4.78, 5) is 18.5. The number of rotatable bonds is 5. The van der Waals surface area contributed by atoms with Crippen LogP contribution in [0, 0.1) is 17.4 Å². The van der Waals surface area contributed by atoms with E-state index in [1.54, 1.807) is 24.4 Å². The number of carbonyl (C=O) groups excluding carboxylic acids is 1. The highest BCUT2D eigenvalue weighted by molar-refractivity contribution is 7.92. The molecule has 1 aliphatic rings. The van der Waals surface area contributed by atoms with Gasteiger partial charge in [0.05, 0.1) is 17.1 Å². The standard InChI is InChI=1S/C16H17N5O3S2/c1-26(23,24)20-13-4-2-3-11(7-13)14-9-19-16(25-14)21(10-17)15(22)12-5-6-18-8-12/h2-4,7,9,12,18,20H,5-6,8H2,1H3. The molecule has 0 radical (unpaired) electrons. The van der Waals surface area contributed by atoms with E-state index in [1.807, 2.05) is 12.3 Å². The Morgan fingerprint density at radius 2 is 2.31 bits per heavy atom. The summed E-state index contributed by atoms with van der Waals surface area (Å²) in [7, 11) is -3.37. The first-order chi connectivity index (χ1) is 12.4. The molecule has 26 heavy (non-hydrogen) atoms. The molecule has 2 N–H and O–H groups in total. The van der Waals surface area contributed by atoms with Gasteiger partial charge in [-0.3, -0.25) is 9.52 Å². The molecule has 1 amide bonds. The van der Waals surface area contributed by atoms with Crippen LogP contribution in [0.25, 0.3) is 10.4 Å². The van der Waals surface area contributed by atoms with Gasteiger partial charge in [-0.1, -0.05) is 23.5 Å². The van der Waals surface area contributed by atoms with E-state index in [0.29, 0.717) is 23.8 Å². The van der Waals surface area contributed by atoms with Crippen LogP contribution in [0.15, 0.2) is 30.5 Å². The van der Waals surface area contributed by atoms with E-state index in [2.05, 4.69) is 15.0 Å². The van der Waals surface area contributed by atoms with Gasteiger partial charge < -0.3 is 5.32 Å². The smallest absolute Gasteiger partial charge is 0.246 e. The maximum atomic E-state index is 12.5. The monoisotopic (exact) mass is 391 g/mol. The van der Waals surface area contributed by atoms with Crippen LogP contribution in [0.2, 0.25) is 0 Å². The number of sulfonamides is 1. The number of anilines is 2. The van der Waals surface area contributed by atoms with Crippen molar-refractivity contribution in [1.82, 2.24) is 10.3 Å². The minimum atomic E-state index is -3.37. The Morgan fingerprint density at radius 3 is 2.96 bits per heavy atom. The molecule has 1 saturated heterocycles. The number of hydrogen-bond acceptors (Lipinski definition) is 7. The molecule has 3 rings (SSSR count). The molecule has 2 heterocycles. The lowest BCUT2D eigenvalue weighted by Gasteiger charge is -2.14. The summed E-state index contributed by atoms with van der Waals surface area (Å²) in [6, 6.07) is 6.85. The van der Waals surface area contributed by atoms with Gasteiger partial charge in [-0.2, -0.15) is 10.2 Å². The van der Waals surface area contributed by atoms with Crippen LogP contribution in [0.4, 0.5) is 10.8 Å². The van der Waals surface area contributed by atoms with Crippen LogP contribution >= 0.6 is 11.3 Å². The number of benzene rings is 1. The van der Waals surface area contributed by atoms with Crippen molar-refractivity contribution >= 4 is 38.1 Å². The van der Waals surface area contributed by atoms with E-state index < -0.39 is 10.0 Å². The van der Waals surface area contributed by atoms with Gasteiger partial charge in [0.15, 0.2) is 6.19 Å². The Hall–Kier alpha value is -2.48. The Labute approximate surface area is 155 Å². The number of thiazole rings is 1. The molecule has 10 heteroatoms. The van der Waals surface area contributed by atoms with Gasteiger partial charge >= 0.3 is 0 Å². The van der Waals surface area contributed by atoms with Gasteiger partial charge in [-0.05, 0) is 30.7 Å². The lowest BCUT2D eigenvalue weighted by atomic mass is 10.1. The number of hydrogen-bond donors (Lipinski definition) is 2. The number of nitrogens with one attached hydrogen (secondary N) is 2. The summed E-state index contributed by atoms with van der Waals surface area (Å²) in [6.45, 7) is 1.33. The zero-order valence-corrected chi connectivity index (χ0v) is 15.6. The fraction of sp³-hybridized carbons (Fsp3) is 0.312. The van der Waals surface area contributed by atoms with Gasteiger partial charge in [-0.25, -0.2) is 13.4 Å². The second-order valence-corrected chi connectivity index (χ2v) is 8.68. The average Bonchev–Trinajstić information content (AvgIpc) is 3.26.